The predicted molar refractivity (Wildman–Crippen MR) is 106 cm³/mol. The van der Waals surface area contributed by atoms with E-state index in [0.717, 1.165) is 67.0 Å². The summed E-state index contributed by atoms with van der Waals surface area (Å²) in [5, 5.41) is 11.9. The second-order valence-corrected chi connectivity index (χ2v) is 8.08. The van der Waals surface area contributed by atoms with Crippen LogP contribution >= 0.6 is 11.6 Å². The molecule has 1 fully saturated rings. The molecule has 28 heavy (non-hydrogen) atoms. The Morgan fingerprint density at radius 1 is 1.04 bits per heavy atom. The van der Waals surface area contributed by atoms with E-state index in [0.29, 0.717) is 16.6 Å². The van der Waals surface area contributed by atoms with E-state index in [1.165, 1.54) is 6.07 Å². The summed E-state index contributed by atoms with van der Waals surface area (Å²) >= 11 is 6.16. The Morgan fingerprint density at radius 2 is 1.82 bits per heavy atom. The lowest BCUT2D eigenvalue weighted by atomic mass is 9.77. The van der Waals surface area contributed by atoms with Gasteiger partial charge in [0, 0.05) is 42.9 Å². The molecule has 1 aliphatic heterocycles. The van der Waals surface area contributed by atoms with Crippen molar-refractivity contribution in [1.82, 2.24) is 25.5 Å². The van der Waals surface area contributed by atoms with Crippen molar-refractivity contribution in [2.75, 3.05) is 0 Å². The summed E-state index contributed by atoms with van der Waals surface area (Å²) in [4.78, 5) is 8.91. The quantitative estimate of drug-likeness (QED) is 0.657. The molecule has 0 radical (unpaired) electrons. The molecule has 0 atom stereocenters. The van der Waals surface area contributed by atoms with Crippen molar-refractivity contribution in [3.05, 3.63) is 64.1 Å². The molecule has 0 amide bonds. The van der Waals surface area contributed by atoms with Crippen LogP contribution < -0.4 is 5.32 Å². The van der Waals surface area contributed by atoms with Gasteiger partial charge in [0.2, 0.25) is 0 Å². The summed E-state index contributed by atoms with van der Waals surface area (Å²) in [5.74, 6) is 0.327. The maximum atomic E-state index is 14.1. The van der Waals surface area contributed by atoms with E-state index in [4.69, 9.17) is 11.6 Å². The zero-order valence-electron chi connectivity index (χ0n) is 15.4. The highest BCUT2D eigenvalue weighted by atomic mass is 35.5. The first-order valence-corrected chi connectivity index (χ1v) is 10.1. The average molecular weight is 398 g/mol. The summed E-state index contributed by atoms with van der Waals surface area (Å²) in [6.45, 7) is 1.46. The van der Waals surface area contributed by atoms with Crippen LogP contribution in [0.5, 0.6) is 0 Å². The van der Waals surface area contributed by atoms with Crippen LogP contribution in [0.3, 0.4) is 0 Å². The Morgan fingerprint density at radius 3 is 2.61 bits per heavy atom. The first-order chi connectivity index (χ1) is 13.7. The number of aromatic amines is 1. The molecule has 4 heterocycles. The largest absolute Gasteiger partial charge is 0.307 e. The van der Waals surface area contributed by atoms with E-state index in [1.807, 2.05) is 6.07 Å². The summed E-state index contributed by atoms with van der Waals surface area (Å²) in [6.07, 6.45) is 7.15. The second kappa shape index (κ2) is 7.26. The van der Waals surface area contributed by atoms with Crippen molar-refractivity contribution in [3.63, 3.8) is 0 Å². The third kappa shape index (κ3) is 3.10. The third-order valence-electron chi connectivity index (χ3n) is 5.94. The zero-order chi connectivity index (χ0) is 19.1. The van der Waals surface area contributed by atoms with Gasteiger partial charge in [-0.15, -0.1) is 0 Å². The van der Waals surface area contributed by atoms with Crippen molar-refractivity contribution in [2.24, 2.45) is 0 Å². The lowest BCUT2D eigenvalue weighted by Crippen LogP contribution is -2.15. The highest BCUT2D eigenvalue weighted by molar-refractivity contribution is 6.30. The highest BCUT2D eigenvalue weighted by Crippen LogP contribution is 2.44. The van der Waals surface area contributed by atoms with E-state index >= 15 is 0 Å². The fourth-order valence-electron chi connectivity index (χ4n) is 4.58. The van der Waals surface area contributed by atoms with Gasteiger partial charge in [0.25, 0.3) is 0 Å². The van der Waals surface area contributed by atoms with E-state index in [2.05, 4.69) is 25.5 Å². The first-order valence-electron chi connectivity index (χ1n) is 9.73. The minimum Gasteiger partial charge on any atom is -0.307 e. The molecule has 0 saturated heterocycles. The number of nitrogens with zero attached hydrogens (tertiary/aromatic N) is 3. The summed E-state index contributed by atoms with van der Waals surface area (Å²) in [5.41, 5.74) is 5.93. The summed E-state index contributed by atoms with van der Waals surface area (Å²) < 4.78 is 14.1. The third-order valence-corrected chi connectivity index (χ3v) is 6.15. The number of aromatic nitrogens is 4. The maximum absolute atomic E-state index is 14.1. The number of H-pyrrole nitrogens is 1. The number of pyridine rings is 2. The molecule has 5 nitrogen and oxygen atoms in total. The molecule has 144 valence electrons. The molecule has 2 N–H and O–H groups in total. The average Bonchev–Trinajstić information content (AvgIpc) is 3.04. The maximum Gasteiger partial charge on any atom is 0.144 e. The molecule has 1 aliphatic carbocycles. The van der Waals surface area contributed by atoms with Crippen LogP contribution in [-0.2, 0) is 13.1 Å². The Bertz CT molecular complexity index is 1010. The van der Waals surface area contributed by atoms with Gasteiger partial charge in [-0.05, 0) is 49.4 Å². The number of halogens is 2. The van der Waals surface area contributed by atoms with Crippen LogP contribution in [-0.4, -0.2) is 20.2 Å². The lowest BCUT2D eigenvalue weighted by molar-refractivity contribution is 0.377. The molecule has 2 aliphatic rings. The molecule has 0 unspecified atom stereocenters. The smallest absolute Gasteiger partial charge is 0.144 e. The van der Waals surface area contributed by atoms with Gasteiger partial charge in [0.1, 0.15) is 5.82 Å². The van der Waals surface area contributed by atoms with Crippen molar-refractivity contribution < 1.29 is 4.39 Å². The Kier molecular flexibility index (Phi) is 4.61. The van der Waals surface area contributed by atoms with Gasteiger partial charge < -0.3 is 5.32 Å². The molecular formula is C21H21ClFN5. The van der Waals surface area contributed by atoms with Crippen LogP contribution in [0.25, 0.3) is 11.3 Å². The van der Waals surface area contributed by atoms with Gasteiger partial charge in [0.05, 0.1) is 27.8 Å². The molecule has 0 spiro atoms. The Balaban J connectivity index is 1.43. The molecule has 1 saturated carbocycles. The topological polar surface area (TPSA) is 66.5 Å². The van der Waals surface area contributed by atoms with Crippen molar-refractivity contribution in [1.29, 1.82) is 0 Å². The number of nitrogens with one attached hydrogen (secondary N) is 2. The van der Waals surface area contributed by atoms with E-state index in [-0.39, 0.29) is 11.7 Å². The van der Waals surface area contributed by atoms with E-state index < -0.39 is 0 Å². The number of hydrogen-bond donors (Lipinski definition) is 2. The van der Waals surface area contributed by atoms with Crippen molar-refractivity contribution in [3.8, 4) is 11.3 Å². The van der Waals surface area contributed by atoms with Crippen LogP contribution in [0.1, 0.15) is 60.2 Å². The fraction of sp³-hybridized carbons (Fsp3) is 0.381. The van der Waals surface area contributed by atoms with Gasteiger partial charge in [-0.2, -0.15) is 5.10 Å². The van der Waals surface area contributed by atoms with Crippen LogP contribution in [0, 0.1) is 5.82 Å². The molecule has 3 aromatic rings. The summed E-state index contributed by atoms with van der Waals surface area (Å²) in [6, 6.07) is 5.13. The monoisotopic (exact) mass is 397 g/mol. The van der Waals surface area contributed by atoms with Crippen LogP contribution in [0.2, 0.25) is 5.02 Å². The van der Waals surface area contributed by atoms with Gasteiger partial charge in [-0.1, -0.05) is 11.6 Å². The molecule has 5 rings (SSSR count). The summed E-state index contributed by atoms with van der Waals surface area (Å²) in [7, 11) is 0. The zero-order valence-corrected chi connectivity index (χ0v) is 16.1. The second-order valence-electron chi connectivity index (χ2n) is 7.65. The molecule has 0 bridgehead atoms. The standard InChI is InChI=1S/C21H21ClFN5/c22-15-8-14-9-24-11-17-18(20(14)26-10-15)21(28-27-17)13-5-3-12(4-6-13)19-16(23)2-1-7-25-19/h1-2,7-8,10,12-13,24H,3-6,9,11H2,(H,27,28). The molecular weight excluding hydrogens is 377 g/mol. The van der Waals surface area contributed by atoms with Gasteiger partial charge in [-0.3, -0.25) is 15.1 Å². The number of hydrogen-bond acceptors (Lipinski definition) is 4. The molecule has 0 aromatic carbocycles. The van der Waals surface area contributed by atoms with E-state index in [1.54, 1.807) is 18.5 Å². The first kappa shape index (κ1) is 17.8. The minimum absolute atomic E-state index is 0.181. The van der Waals surface area contributed by atoms with E-state index in [9.17, 15) is 4.39 Å². The van der Waals surface area contributed by atoms with Crippen LogP contribution in [0.4, 0.5) is 4.39 Å². The minimum atomic E-state index is -0.194. The normalized spacial score (nSPS) is 21.6. The lowest BCUT2D eigenvalue weighted by Gasteiger charge is -2.28. The fourth-order valence-corrected chi connectivity index (χ4v) is 4.76. The highest BCUT2D eigenvalue weighted by Gasteiger charge is 2.31. The van der Waals surface area contributed by atoms with Gasteiger partial charge >= 0.3 is 0 Å². The van der Waals surface area contributed by atoms with Crippen molar-refractivity contribution in [2.45, 2.75) is 50.6 Å². The number of rotatable bonds is 2. The van der Waals surface area contributed by atoms with Crippen LogP contribution in [0.15, 0.2) is 30.6 Å². The predicted octanol–water partition coefficient (Wildman–Crippen LogP) is 4.70. The molecule has 3 aromatic heterocycles. The van der Waals surface area contributed by atoms with Gasteiger partial charge in [-0.25, -0.2) is 4.39 Å². The number of fused-ring (bicyclic) bond motifs is 3. The van der Waals surface area contributed by atoms with Crippen molar-refractivity contribution >= 4 is 11.6 Å². The molecule has 7 heteroatoms. The Labute approximate surface area is 167 Å². The Hall–Kier alpha value is -2.31. The van der Waals surface area contributed by atoms with Gasteiger partial charge in [0.15, 0.2) is 0 Å². The SMILES string of the molecule is Fc1cccnc1C1CCC(c2n[nH]c3c2-c2ncc(Cl)cc2CNC3)CC1.